The Hall–Kier alpha value is -0.320. The van der Waals surface area contributed by atoms with Gasteiger partial charge in [-0.3, -0.25) is 4.84 Å². The molecule has 8 heteroatoms. The van der Waals surface area contributed by atoms with Gasteiger partial charge in [0.15, 0.2) is 0 Å². The number of methoxy groups -OCH3 is 5. The monoisotopic (exact) mass is 431 g/mol. The molecule has 1 aliphatic heterocycles. The Kier molecular flexibility index (Phi) is 9.34. The highest BCUT2D eigenvalue weighted by molar-refractivity contribution is 4.98. The van der Waals surface area contributed by atoms with E-state index in [1.54, 1.807) is 35.5 Å². The molecule has 0 bridgehead atoms. The fraction of sp³-hybridized carbons (Fsp3) is 1.00. The zero-order valence-corrected chi connectivity index (χ0v) is 19.4. The second-order valence-electron chi connectivity index (χ2n) is 8.80. The molecule has 2 saturated carbocycles. The van der Waals surface area contributed by atoms with Gasteiger partial charge in [0, 0.05) is 48.2 Å². The second-order valence-corrected chi connectivity index (χ2v) is 8.80. The highest BCUT2D eigenvalue weighted by Crippen LogP contribution is 2.40. The van der Waals surface area contributed by atoms with E-state index in [9.17, 15) is 0 Å². The van der Waals surface area contributed by atoms with Crippen LogP contribution in [0, 0.1) is 11.8 Å². The molecule has 0 aromatic carbocycles. The molecule has 0 spiro atoms. The molecular formula is C22H41NO7. The third-order valence-electron chi connectivity index (χ3n) is 7.40. The lowest BCUT2D eigenvalue weighted by molar-refractivity contribution is -0.158. The predicted octanol–water partition coefficient (Wildman–Crippen LogP) is 1.95. The number of nitrogens with one attached hydrogen (secondary N) is 1. The lowest BCUT2D eigenvalue weighted by atomic mass is 9.75. The zero-order valence-electron chi connectivity index (χ0n) is 19.4. The van der Waals surface area contributed by atoms with Crippen LogP contribution in [0.2, 0.25) is 0 Å². The van der Waals surface area contributed by atoms with Crippen molar-refractivity contribution >= 4 is 0 Å². The third-order valence-corrected chi connectivity index (χ3v) is 7.40. The van der Waals surface area contributed by atoms with Gasteiger partial charge >= 0.3 is 0 Å². The first-order chi connectivity index (χ1) is 14.6. The van der Waals surface area contributed by atoms with E-state index >= 15 is 0 Å². The molecule has 1 heterocycles. The van der Waals surface area contributed by atoms with Crippen molar-refractivity contribution in [2.24, 2.45) is 11.8 Å². The molecule has 2 aliphatic carbocycles. The smallest absolute Gasteiger partial charge is 0.110 e. The van der Waals surface area contributed by atoms with Crippen LogP contribution in [0.25, 0.3) is 0 Å². The highest BCUT2D eigenvalue weighted by Gasteiger charge is 2.47. The van der Waals surface area contributed by atoms with Gasteiger partial charge in [0.2, 0.25) is 0 Å². The van der Waals surface area contributed by atoms with Crippen molar-refractivity contribution < 1.29 is 33.3 Å². The van der Waals surface area contributed by atoms with Gasteiger partial charge in [0.1, 0.15) is 12.2 Å². The molecule has 6 atom stereocenters. The van der Waals surface area contributed by atoms with Crippen molar-refractivity contribution in [1.82, 2.24) is 5.48 Å². The molecule has 1 saturated heterocycles. The van der Waals surface area contributed by atoms with Gasteiger partial charge in [-0.15, -0.1) is 0 Å². The average Bonchev–Trinajstić information content (AvgIpc) is 3.28. The van der Waals surface area contributed by atoms with Gasteiger partial charge in [-0.2, -0.15) is 5.48 Å². The number of hydroxylamine groups is 1. The van der Waals surface area contributed by atoms with Crippen LogP contribution in [0.1, 0.15) is 39.0 Å². The summed E-state index contributed by atoms with van der Waals surface area (Å²) >= 11 is 0. The van der Waals surface area contributed by atoms with Crippen LogP contribution in [0.15, 0.2) is 0 Å². The van der Waals surface area contributed by atoms with E-state index < -0.39 is 0 Å². The molecular weight excluding hydrogens is 390 g/mol. The molecule has 3 aliphatic rings. The third kappa shape index (κ3) is 5.18. The summed E-state index contributed by atoms with van der Waals surface area (Å²) in [7, 11) is 8.74. The maximum absolute atomic E-state index is 6.11. The van der Waals surface area contributed by atoms with E-state index in [4.69, 9.17) is 33.3 Å². The van der Waals surface area contributed by atoms with Crippen molar-refractivity contribution in [3.05, 3.63) is 0 Å². The van der Waals surface area contributed by atoms with Gasteiger partial charge < -0.3 is 28.4 Å². The largest absolute Gasteiger partial charge is 0.379 e. The van der Waals surface area contributed by atoms with Crippen molar-refractivity contribution in [3.63, 3.8) is 0 Å². The zero-order chi connectivity index (χ0) is 21.7. The van der Waals surface area contributed by atoms with Crippen molar-refractivity contribution in [2.75, 3.05) is 42.2 Å². The molecule has 8 nitrogen and oxygen atoms in total. The minimum atomic E-state index is -0.0415. The van der Waals surface area contributed by atoms with Crippen LogP contribution in [0.4, 0.5) is 0 Å². The Labute approximate surface area is 181 Å². The van der Waals surface area contributed by atoms with Crippen LogP contribution < -0.4 is 5.48 Å². The number of hydrogen-bond acceptors (Lipinski definition) is 8. The predicted molar refractivity (Wildman–Crippen MR) is 111 cm³/mol. The molecule has 0 aromatic rings. The molecule has 1 N–H and O–H groups in total. The Balaban J connectivity index is 1.62. The standard InChI is InChI=1S/C22H41NO7/c1-7-29-22-19(26-4)8-13(9-20(22)27-5)15-12-16(30-23-15)14-10-17(24-2)21(28-6)18(11-14)25-3/h13-23H,7-12H2,1-6H3. The van der Waals surface area contributed by atoms with Crippen molar-refractivity contribution in [1.29, 1.82) is 0 Å². The summed E-state index contributed by atoms with van der Waals surface area (Å²) in [5.74, 6) is 0.772. The van der Waals surface area contributed by atoms with Gasteiger partial charge in [0.05, 0.1) is 30.5 Å². The summed E-state index contributed by atoms with van der Waals surface area (Å²) in [5.41, 5.74) is 3.34. The van der Waals surface area contributed by atoms with Crippen LogP contribution in [-0.2, 0) is 33.3 Å². The van der Waals surface area contributed by atoms with E-state index in [1.165, 1.54) is 0 Å². The molecule has 176 valence electrons. The maximum atomic E-state index is 6.11. The molecule has 0 aromatic heterocycles. The van der Waals surface area contributed by atoms with E-state index in [0.29, 0.717) is 18.4 Å². The molecule has 6 unspecified atom stereocenters. The van der Waals surface area contributed by atoms with E-state index in [-0.39, 0.29) is 48.8 Å². The van der Waals surface area contributed by atoms with Crippen molar-refractivity contribution in [3.8, 4) is 0 Å². The number of ether oxygens (including phenoxy) is 6. The van der Waals surface area contributed by atoms with Crippen molar-refractivity contribution in [2.45, 2.75) is 87.8 Å². The molecule has 0 radical (unpaired) electrons. The Morgan fingerprint density at radius 3 is 1.63 bits per heavy atom. The van der Waals surface area contributed by atoms with E-state index in [0.717, 1.165) is 32.1 Å². The average molecular weight is 432 g/mol. The van der Waals surface area contributed by atoms with Crippen LogP contribution in [0.5, 0.6) is 0 Å². The normalized spacial score (nSPS) is 45.0. The summed E-state index contributed by atoms with van der Waals surface area (Å²) in [6.45, 7) is 2.68. The summed E-state index contributed by atoms with van der Waals surface area (Å²) in [6, 6.07) is 0.273. The minimum absolute atomic E-state index is 0.0127. The summed E-state index contributed by atoms with van der Waals surface area (Å²) in [5, 5.41) is 0. The Bertz CT molecular complexity index is 482. The first-order valence-corrected chi connectivity index (χ1v) is 11.3. The minimum Gasteiger partial charge on any atom is -0.379 e. The Morgan fingerprint density at radius 2 is 1.17 bits per heavy atom. The molecule has 30 heavy (non-hydrogen) atoms. The van der Waals surface area contributed by atoms with Crippen LogP contribution in [0.3, 0.4) is 0 Å². The SMILES string of the molecule is CCOC1C(OC)CC(C2CC(C3CC(OC)C(OC)C(OC)C3)ON2)CC1OC. The Morgan fingerprint density at radius 1 is 0.667 bits per heavy atom. The van der Waals surface area contributed by atoms with E-state index in [1.807, 2.05) is 6.92 Å². The topological polar surface area (TPSA) is 76.6 Å². The van der Waals surface area contributed by atoms with E-state index in [2.05, 4.69) is 5.48 Å². The first kappa shape index (κ1) is 24.3. The summed E-state index contributed by atoms with van der Waals surface area (Å²) in [4.78, 5) is 6.11. The molecule has 3 rings (SSSR count). The van der Waals surface area contributed by atoms with Gasteiger partial charge in [-0.05, 0) is 50.9 Å². The van der Waals surface area contributed by atoms with Gasteiger partial charge in [-0.1, -0.05) is 0 Å². The number of rotatable bonds is 9. The van der Waals surface area contributed by atoms with Gasteiger partial charge in [0.25, 0.3) is 0 Å². The van der Waals surface area contributed by atoms with Gasteiger partial charge in [-0.25, -0.2) is 0 Å². The first-order valence-electron chi connectivity index (χ1n) is 11.3. The van der Waals surface area contributed by atoms with Crippen LogP contribution in [-0.4, -0.2) is 90.9 Å². The van der Waals surface area contributed by atoms with Crippen LogP contribution >= 0.6 is 0 Å². The number of hydrogen-bond donors (Lipinski definition) is 1. The molecule has 3 fully saturated rings. The maximum Gasteiger partial charge on any atom is 0.110 e. The summed E-state index contributed by atoms with van der Waals surface area (Å²) in [6.07, 6.45) is 4.81. The fourth-order valence-corrected chi connectivity index (χ4v) is 5.76. The fourth-order valence-electron chi connectivity index (χ4n) is 5.76. The quantitative estimate of drug-likeness (QED) is 0.594. The lowest BCUT2D eigenvalue weighted by Gasteiger charge is -2.42. The summed E-state index contributed by atoms with van der Waals surface area (Å²) < 4.78 is 34.6. The highest BCUT2D eigenvalue weighted by atomic mass is 16.7. The second kappa shape index (κ2) is 11.5. The molecule has 0 amide bonds. The lowest BCUT2D eigenvalue weighted by Crippen LogP contribution is -2.51.